The average Bonchev–Trinajstić information content (AvgIpc) is 3.36. The fourth-order valence-electron chi connectivity index (χ4n) is 3.37. The number of amides is 2. The van der Waals surface area contributed by atoms with E-state index >= 15 is 0 Å². The number of aromatic nitrogens is 1. The van der Waals surface area contributed by atoms with Crippen LogP contribution in [0.15, 0.2) is 71.3 Å². The highest BCUT2D eigenvalue weighted by Gasteiger charge is 2.34. The van der Waals surface area contributed by atoms with Crippen molar-refractivity contribution in [3.05, 3.63) is 72.4 Å². The fraction of sp³-hybridized carbons (Fsp3) is 0.227. The zero-order valence-electron chi connectivity index (χ0n) is 15.4. The summed E-state index contributed by atoms with van der Waals surface area (Å²) < 4.78 is 5.37. The molecule has 2 aromatic carbocycles. The SMILES string of the molecule is O=C(NCCc1cc(-c2ccccc2)on1)C1CC(=O)N(c2ccccc2)C1. The molecule has 1 N–H and O–H groups in total. The molecule has 4 rings (SSSR count). The Labute approximate surface area is 163 Å². The van der Waals surface area contributed by atoms with Gasteiger partial charge in [0.05, 0.1) is 11.6 Å². The number of carbonyl (C=O) groups is 2. The fourth-order valence-corrected chi connectivity index (χ4v) is 3.37. The predicted octanol–water partition coefficient (Wildman–Crippen LogP) is 3.05. The highest BCUT2D eigenvalue weighted by molar-refractivity contribution is 6.00. The zero-order chi connectivity index (χ0) is 19.3. The number of hydrogen-bond donors (Lipinski definition) is 1. The Morgan fingerprint density at radius 2 is 1.82 bits per heavy atom. The highest BCUT2D eigenvalue weighted by atomic mass is 16.5. The maximum absolute atomic E-state index is 12.5. The van der Waals surface area contributed by atoms with Gasteiger partial charge < -0.3 is 14.7 Å². The second-order valence-corrected chi connectivity index (χ2v) is 6.83. The summed E-state index contributed by atoms with van der Waals surface area (Å²) in [6.07, 6.45) is 0.813. The molecule has 142 valence electrons. The maximum Gasteiger partial charge on any atom is 0.227 e. The molecule has 6 heteroatoms. The van der Waals surface area contributed by atoms with Crippen molar-refractivity contribution in [1.82, 2.24) is 10.5 Å². The molecule has 0 spiro atoms. The lowest BCUT2D eigenvalue weighted by atomic mass is 10.1. The van der Waals surface area contributed by atoms with E-state index in [9.17, 15) is 9.59 Å². The number of anilines is 1. The van der Waals surface area contributed by atoms with Crippen molar-refractivity contribution in [3.8, 4) is 11.3 Å². The molecule has 1 aromatic heterocycles. The number of para-hydroxylation sites is 1. The molecule has 1 fully saturated rings. The lowest BCUT2D eigenvalue weighted by Gasteiger charge is -2.16. The van der Waals surface area contributed by atoms with Gasteiger partial charge in [-0.05, 0) is 12.1 Å². The van der Waals surface area contributed by atoms with Gasteiger partial charge in [-0.1, -0.05) is 53.7 Å². The summed E-state index contributed by atoms with van der Waals surface area (Å²) in [5.41, 5.74) is 2.59. The molecule has 2 heterocycles. The van der Waals surface area contributed by atoms with Crippen LogP contribution in [0.1, 0.15) is 12.1 Å². The number of benzene rings is 2. The third-order valence-electron chi connectivity index (χ3n) is 4.86. The number of carbonyl (C=O) groups excluding carboxylic acids is 2. The first-order chi connectivity index (χ1) is 13.7. The first kappa shape index (κ1) is 18.0. The molecule has 1 aliphatic heterocycles. The van der Waals surface area contributed by atoms with E-state index in [1.54, 1.807) is 4.90 Å². The molecule has 0 aliphatic carbocycles. The summed E-state index contributed by atoms with van der Waals surface area (Å²) in [7, 11) is 0. The van der Waals surface area contributed by atoms with Crippen molar-refractivity contribution in [1.29, 1.82) is 0 Å². The molecule has 6 nitrogen and oxygen atoms in total. The average molecular weight is 375 g/mol. The van der Waals surface area contributed by atoms with Crippen LogP contribution < -0.4 is 10.2 Å². The van der Waals surface area contributed by atoms with E-state index in [2.05, 4.69) is 10.5 Å². The van der Waals surface area contributed by atoms with Gasteiger partial charge in [-0.2, -0.15) is 0 Å². The molecule has 1 aliphatic rings. The molecule has 0 radical (unpaired) electrons. The van der Waals surface area contributed by atoms with Gasteiger partial charge in [-0.15, -0.1) is 0 Å². The Bertz CT molecular complexity index is 953. The third-order valence-corrected chi connectivity index (χ3v) is 4.86. The van der Waals surface area contributed by atoms with Crippen LogP contribution in [0, 0.1) is 5.92 Å². The Morgan fingerprint density at radius 3 is 2.57 bits per heavy atom. The van der Waals surface area contributed by atoms with E-state index in [1.807, 2.05) is 66.7 Å². The molecule has 1 unspecified atom stereocenters. The molecule has 2 amide bonds. The third kappa shape index (κ3) is 3.96. The first-order valence-corrected chi connectivity index (χ1v) is 9.35. The number of nitrogens with zero attached hydrogens (tertiary/aromatic N) is 2. The van der Waals surface area contributed by atoms with Gasteiger partial charge in [0.2, 0.25) is 11.8 Å². The van der Waals surface area contributed by atoms with Crippen LogP contribution >= 0.6 is 0 Å². The van der Waals surface area contributed by atoms with Gasteiger partial charge in [0.15, 0.2) is 5.76 Å². The summed E-state index contributed by atoms with van der Waals surface area (Å²) in [6, 6.07) is 21.1. The Hall–Kier alpha value is -3.41. The van der Waals surface area contributed by atoms with Gasteiger partial charge in [0, 0.05) is 43.2 Å². The Morgan fingerprint density at radius 1 is 1.11 bits per heavy atom. The molecule has 28 heavy (non-hydrogen) atoms. The molecular formula is C22H21N3O3. The molecule has 1 saturated heterocycles. The zero-order valence-corrected chi connectivity index (χ0v) is 15.4. The van der Waals surface area contributed by atoms with E-state index in [1.165, 1.54) is 0 Å². The van der Waals surface area contributed by atoms with Crippen molar-refractivity contribution in [3.63, 3.8) is 0 Å². The first-order valence-electron chi connectivity index (χ1n) is 9.35. The van der Waals surface area contributed by atoms with Crippen LogP contribution in [0.25, 0.3) is 11.3 Å². The highest BCUT2D eigenvalue weighted by Crippen LogP contribution is 2.25. The standard InChI is InChI=1S/C22H21N3O3/c26-21-13-17(15-25(21)19-9-5-2-6-10-19)22(27)23-12-11-18-14-20(28-24-18)16-7-3-1-4-8-16/h1-10,14,17H,11-13,15H2,(H,23,27). The minimum absolute atomic E-state index is 0.0182. The minimum atomic E-state index is -0.329. The number of rotatable bonds is 6. The lowest BCUT2D eigenvalue weighted by molar-refractivity contribution is -0.126. The smallest absolute Gasteiger partial charge is 0.227 e. The topological polar surface area (TPSA) is 75.4 Å². The lowest BCUT2D eigenvalue weighted by Crippen LogP contribution is -2.34. The molecule has 0 bridgehead atoms. The van der Waals surface area contributed by atoms with Crippen LogP contribution in [-0.2, 0) is 16.0 Å². The summed E-state index contributed by atoms with van der Waals surface area (Å²) >= 11 is 0. The number of hydrogen-bond acceptors (Lipinski definition) is 4. The normalized spacial score (nSPS) is 16.4. The van der Waals surface area contributed by atoms with Crippen molar-refractivity contribution < 1.29 is 14.1 Å². The summed E-state index contributed by atoms with van der Waals surface area (Å²) in [5.74, 6) is 0.264. The molecule has 1 atom stereocenters. The van der Waals surface area contributed by atoms with Crippen LogP contribution in [0.4, 0.5) is 5.69 Å². The number of nitrogens with one attached hydrogen (secondary N) is 1. The van der Waals surface area contributed by atoms with E-state index in [-0.39, 0.29) is 24.2 Å². The Kier molecular flexibility index (Phi) is 5.19. The molecule has 0 saturated carbocycles. The van der Waals surface area contributed by atoms with Crippen LogP contribution in [0.2, 0.25) is 0 Å². The monoisotopic (exact) mass is 375 g/mol. The van der Waals surface area contributed by atoms with E-state index in [4.69, 9.17) is 4.52 Å². The van der Waals surface area contributed by atoms with E-state index < -0.39 is 0 Å². The second kappa shape index (κ2) is 8.08. The van der Waals surface area contributed by atoms with E-state index in [0.29, 0.717) is 25.3 Å². The minimum Gasteiger partial charge on any atom is -0.356 e. The van der Waals surface area contributed by atoms with Crippen molar-refractivity contribution >= 4 is 17.5 Å². The largest absolute Gasteiger partial charge is 0.356 e. The summed E-state index contributed by atoms with van der Waals surface area (Å²) in [4.78, 5) is 26.4. The van der Waals surface area contributed by atoms with Crippen LogP contribution in [0.5, 0.6) is 0 Å². The molecule has 3 aromatic rings. The van der Waals surface area contributed by atoms with Gasteiger partial charge in [-0.25, -0.2) is 0 Å². The summed E-state index contributed by atoms with van der Waals surface area (Å²) in [6.45, 7) is 0.867. The van der Waals surface area contributed by atoms with Crippen molar-refractivity contribution in [2.45, 2.75) is 12.8 Å². The van der Waals surface area contributed by atoms with Gasteiger partial charge in [0.1, 0.15) is 0 Å². The maximum atomic E-state index is 12.5. The van der Waals surface area contributed by atoms with Gasteiger partial charge >= 0.3 is 0 Å². The second-order valence-electron chi connectivity index (χ2n) is 6.83. The Balaban J connectivity index is 1.28. The van der Waals surface area contributed by atoms with Gasteiger partial charge in [-0.3, -0.25) is 9.59 Å². The summed E-state index contributed by atoms with van der Waals surface area (Å²) in [5, 5.41) is 6.98. The van der Waals surface area contributed by atoms with Crippen LogP contribution in [0.3, 0.4) is 0 Å². The van der Waals surface area contributed by atoms with Crippen LogP contribution in [-0.4, -0.2) is 30.1 Å². The predicted molar refractivity (Wildman–Crippen MR) is 106 cm³/mol. The molecular weight excluding hydrogens is 354 g/mol. The van der Waals surface area contributed by atoms with Crippen molar-refractivity contribution in [2.24, 2.45) is 5.92 Å². The quantitative estimate of drug-likeness (QED) is 0.718. The van der Waals surface area contributed by atoms with E-state index in [0.717, 1.165) is 16.9 Å². The van der Waals surface area contributed by atoms with Gasteiger partial charge in [0.25, 0.3) is 0 Å². The van der Waals surface area contributed by atoms with Crippen molar-refractivity contribution in [2.75, 3.05) is 18.0 Å².